The van der Waals surface area contributed by atoms with E-state index in [1.165, 1.54) is 32.4 Å². The van der Waals surface area contributed by atoms with Crippen molar-refractivity contribution in [3.63, 3.8) is 0 Å². The molecule has 0 aromatic heterocycles. The van der Waals surface area contributed by atoms with E-state index < -0.39 is 0 Å². The molecule has 1 aliphatic heterocycles. The Morgan fingerprint density at radius 2 is 2.00 bits per heavy atom. The summed E-state index contributed by atoms with van der Waals surface area (Å²) in [5.41, 5.74) is 0. The highest BCUT2D eigenvalue weighted by atomic mass is 15.2. The lowest BCUT2D eigenvalue weighted by molar-refractivity contribution is 0.0759. The molecule has 1 saturated heterocycles. The van der Waals surface area contributed by atoms with Crippen LogP contribution in [0.4, 0.5) is 0 Å². The molecular formula is C14H30N2. The van der Waals surface area contributed by atoms with E-state index in [0.717, 1.165) is 18.0 Å². The van der Waals surface area contributed by atoms with Gasteiger partial charge in [-0.15, -0.1) is 0 Å². The molecule has 2 nitrogen and oxygen atoms in total. The van der Waals surface area contributed by atoms with Crippen molar-refractivity contribution in [3.8, 4) is 0 Å². The molecule has 1 N–H and O–H groups in total. The predicted octanol–water partition coefficient (Wildman–Crippen LogP) is 2.88. The summed E-state index contributed by atoms with van der Waals surface area (Å²) in [6.45, 7) is 14.1. The summed E-state index contributed by atoms with van der Waals surface area (Å²) in [7, 11) is 0. The molecule has 3 atom stereocenters. The fraction of sp³-hybridized carbons (Fsp3) is 1.00. The summed E-state index contributed by atoms with van der Waals surface area (Å²) in [5, 5.41) is 3.62. The zero-order chi connectivity index (χ0) is 12.1. The van der Waals surface area contributed by atoms with Gasteiger partial charge in [-0.05, 0) is 32.6 Å². The molecular weight excluding hydrogens is 196 g/mol. The molecule has 0 aromatic rings. The highest BCUT2D eigenvalue weighted by Crippen LogP contribution is 2.20. The largest absolute Gasteiger partial charge is 0.311 e. The van der Waals surface area contributed by atoms with Gasteiger partial charge in [0.2, 0.25) is 0 Å². The zero-order valence-corrected chi connectivity index (χ0v) is 11.8. The van der Waals surface area contributed by atoms with Crippen molar-refractivity contribution in [2.75, 3.05) is 13.1 Å². The number of hydrogen-bond acceptors (Lipinski definition) is 2. The van der Waals surface area contributed by atoms with Gasteiger partial charge >= 0.3 is 0 Å². The van der Waals surface area contributed by atoms with Gasteiger partial charge in [-0.1, -0.05) is 27.2 Å². The van der Waals surface area contributed by atoms with Gasteiger partial charge in [0.1, 0.15) is 0 Å². The first kappa shape index (κ1) is 14.0. The van der Waals surface area contributed by atoms with Gasteiger partial charge < -0.3 is 5.32 Å². The lowest BCUT2D eigenvalue weighted by Gasteiger charge is -2.43. The van der Waals surface area contributed by atoms with Crippen LogP contribution >= 0.6 is 0 Å². The van der Waals surface area contributed by atoms with Crippen molar-refractivity contribution in [1.29, 1.82) is 0 Å². The molecule has 0 bridgehead atoms. The molecule has 1 aliphatic rings. The first-order chi connectivity index (χ1) is 7.54. The van der Waals surface area contributed by atoms with Gasteiger partial charge in [0, 0.05) is 31.2 Å². The molecule has 0 amide bonds. The summed E-state index contributed by atoms with van der Waals surface area (Å²) < 4.78 is 0. The standard InChI is InChI=1S/C14H30N2/c1-6-7-13(5)16-10-12(4)15-9-14(16)8-11(2)3/h11-15H,6-10H2,1-5H3. The van der Waals surface area contributed by atoms with Crippen LogP contribution in [0.1, 0.15) is 53.9 Å². The maximum atomic E-state index is 3.62. The molecule has 1 rings (SSSR count). The normalized spacial score (nSPS) is 29.6. The number of rotatable bonds is 5. The average Bonchev–Trinajstić information content (AvgIpc) is 2.20. The Labute approximate surface area is 102 Å². The van der Waals surface area contributed by atoms with E-state index in [1.807, 2.05) is 0 Å². The van der Waals surface area contributed by atoms with Crippen LogP contribution in [0.2, 0.25) is 0 Å². The van der Waals surface area contributed by atoms with E-state index >= 15 is 0 Å². The Bertz CT molecular complexity index is 191. The molecule has 0 radical (unpaired) electrons. The van der Waals surface area contributed by atoms with Crippen LogP contribution in [0.25, 0.3) is 0 Å². The second kappa shape index (κ2) is 6.61. The second-order valence-corrected chi connectivity index (χ2v) is 5.93. The molecule has 0 aliphatic carbocycles. The van der Waals surface area contributed by atoms with Crippen molar-refractivity contribution in [1.82, 2.24) is 10.2 Å². The third kappa shape index (κ3) is 4.06. The minimum Gasteiger partial charge on any atom is -0.311 e. The Kier molecular flexibility index (Phi) is 5.77. The summed E-state index contributed by atoms with van der Waals surface area (Å²) in [5.74, 6) is 0.802. The zero-order valence-electron chi connectivity index (χ0n) is 11.8. The number of nitrogens with zero attached hydrogens (tertiary/aromatic N) is 1. The van der Waals surface area contributed by atoms with Crippen LogP contribution in [0.15, 0.2) is 0 Å². The van der Waals surface area contributed by atoms with E-state index in [9.17, 15) is 0 Å². The SMILES string of the molecule is CCCC(C)N1CC(C)NCC1CC(C)C. The third-order valence-electron chi connectivity index (χ3n) is 3.67. The van der Waals surface area contributed by atoms with E-state index in [0.29, 0.717) is 6.04 Å². The van der Waals surface area contributed by atoms with Crippen LogP contribution in [0, 0.1) is 5.92 Å². The molecule has 0 saturated carbocycles. The van der Waals surface area contributed by atoms with Gasteiger partial charge in [0.05, 0.1) is 0 Å². The number of nitrogens with one attached hydrogen (secondary N) is 1. The van der Waals surface area contributed by atoms with Crippen LogP contribution in [-0.2, 0) is 0 Å². The lowest BCUT2D eigenvalue weighted by Crippen LogP contribution is -2.58. The summed E-state index contributed by atoms with van der Waals surface area (Å²) >= 11 is 0. The summed E-state index contributed by atoms with van der Waals surface area (Å²) in [4.78, 5) is 2.74. The summed E-state index contributed by atoms with van der Waals surface area (Å²) in [6.07, 6.45) is 3.96. The van der Waals surface area contributed by atoms with Gasteiger partial charge in [-0.2, -0.15) is 0 Å². The maximum absolute atomic E-state index is 3.62. The fourth-order valence-electron chi connectivity index (χ4n) is 2.87. The number of hydrogen-bond donors (Lipinski definition) is 1. The van der Waals surface area contributed by atoms with Gasteiger partial charge in [0.25, 0.3) is 0 Å². The monoisotopic (exact) mass is 226 g/mol. The Morgan fingerprint density at radius 1 is 1.31 bits per heavy atom. The maximum Gasteiger partial charge on any atom is 0.0226 e. The molecule has 0 aromatic carbocycles. The third-order valence-corrected chi connectivity index (χ3v) is 3.67. The van der Waals surface area contributed by atoms with Gasteiger partial charge in [0.15, 0.2) is 0 Å². The van der Waals surface area contributed by atoms with Crippen LogP contribution in [0.3, 0.4) is 0 Å². The van der Waals surface area contributed by atoms with E-state index in [-0.39, 0.29) is 0 Å². The average molecular weight is 226 g/mol. The fourth-order valence-corrected chi connectivity index (χ4v) is 2.87. The van der Waals surface area contributed by atoms with Crippen LogP contribution < -0.4 is 5.32 Å². The molecule has 16 heavy (non-hydrogen) atoms. The first-order valence-corrected chi connectivity index (χ1v) is 7.03. The van der Waals surface area contributed by atoms with Crippen LogP contribution in [-0.4, -0.2) is 36.1 Å². The summed E-state index contributed by atoms with van der Waals surface area (Å²) in [6, 6.07) is 2.15. The van der Waals surface area contributed by atoms with Crippen molar-refractivity contribution in [3.05, 3.63) is 0 Å². The van der Waals surface area contributed by atoms with Gasteiger partial charge in [-0.3, -0.25) is 4.90 Å². The second-order valence-electron chi connectivity index (χ2n) is 5.93. The molecule has 96 valence electrons. The minimum absolute atomic E-state index is 0.655. The molecule has 2 heteroatoms. The predicted molar refractivity (Wildman–Crippen MR) is 71.8 cm³/mol. The highest BCUT2D eigenvalue weighted by molar-refractivity contribution is 4.87. The van der Waals surface area contributed by atoms with E-state index in [1.54, 1.807) is 0 Å². The molecule has 0 spiro atoms. The highest BCUT2D eigenvalue weighted by Gasteiger charge is 2.29. The first-order valence-electron chi connectivity index (χ1n) is 7.03. The Morgan fingerprint density at radius 3 is 2.56 bits per heavy atom. The molecule has 3 unspecified atom stereocenters. The Balaban J connectivity index is 2.57. The quantitative estimate of drug-likeness (QED) is 0.775. The lowest BCUT2D eigenvalue weighted by atomic mass is 9.97. The smallest absolute Gasteiger partial charge is 0.0226 e. The minimum atomic E-state index is 0.655. The number of piperazine rings is 1. The molecule has 1 fully saturated rings. The van der Waals surface area contributed by atoms with Crippen molar-refractivity contribution < 1.29 is 0 Å². The van der Waals surface area contributed by atoms with Crippen LogP contribution in [0.5, 0.6) is 0 Å². The topological polar surface area (TPSA) is 15.3 Å². The van der Waals surface area contributed by atoms with E-state index in [2.05, 4.69) is 44.8 Å². The van der Waals surface area contributed by atoms with E-state index in [4.69, 9.17) is 0 Å². The van der Waals surface area contributed by atoms with Crippen molar-refractivity contribution >= 4 is 0 Å². The van der Waals surface area contributed by atoms with Crippen molar-refractivity contribution in [2.45, 2.75) is 72.0 Å². The Hall–Kier alpha value is -0.0800. The molecule has 1 heterocycles. The van der Waals surface area contributed by atoms with Gasteiger partial charge in [-0.25, -0.2) is 0 Å². The van der Waals surface area contributed by atoms with Crippen molar-refractivity contribution in [2.24, 2.45) is 5.92 Å².